The quantitative estimate of drug-likeness (QED) is 0.578. The van der Waals surface area contributed by atoms with Crippen molar-refractivity contribution in [3.05, 3.63) is 53.1 Å². The first kappa shape index (κ1) is 22.3. The van der Waals surface area contributed by atoms with Crippen molar-refractivity contribution in [2.75, 3.05) is 7.11 Å². The Morgan fingerprint density at radius 2 is 2.12 bits per heavy atom. The summed E-state index contributed by atoms with van der Waals surface area (Å²) in [5.41, 5.74) is 1.74. The van der Waals surface area contributed by atoms with Crippen molar-refractivity contribution in [3.63, 3.8) is 0 Å². The number of hydrogen-bond donors (Lipinski definition) is 2. The van der Waals surface area contributed by atoms with Gasteiger partial charge in [-0.3, -0.25) is 9.78 Å². The van der Waals surface area contributed by atoms with Crippen LogP contribution in [0.15, 0.2) is 30.5 Å². The fourth-order valence-electron chi connectivity index (χ4n) is 2.10. The van der Waals surface area contributed by atoms with E-state index in [2.05, 4.69) is 10.3 Å². The molecule has 0 spiro atoms. The molecule has 1 aromatic heterocycles. The number of aromatic nitrogens is 1. The maximum absolute atomic E-state index is 13.9. The molecule has 2 N–H and O–H groups in total. The van der Waals surface area contributed by atoms with Gasteiger partial charge in [-0.25, -0.2) is 4.39 Å². The molecular weight excluding hydrogens is 374 g/mol. The molecule has 0 saturated heterocycles. The first-order valence-electron chi connectivity index (χ1n) is 7.03. The average molecular weight is 388 g/mol. The van der Waals surface area contributed by atoms with E-state index in [9.17, 15) is 9.18 Å². The number of amides is 1. The Balaban J connectivity index is 0.000000616. The molecule has 0 saturated carbocycles. The van der Waals surface area contributed by atoms with Gasteiger partial charge in [-0.1, -0.05) is 0 Å². The molecule has 0 aliphatic carbocycles. The summed E-state index contributed by atoms with van der Waals surface area (Å²) in [6.07, 6.45) is -0.523. The molecule has 3 rings (SSSR count). The summed E-state index contributed by atoms with van der Waals surface area (Å²) in [6.45, 7) is 0.465. The maximum atomic E-state index is 13.9. The topological polar surface area (TPSA) is 121 Å². The Kier molecular flexibility index (Phi) is 8.95. The number of ether oxygens (including phenoxy) is 2. The van der Waals surface area contributed by atoms with E-state index in [-0.39, 0.29) is 69.6 Å². The Labute approximate surface area is 190 Å². The normalized spacial score (nSPS) is 11.2. The third kappa shape index (κ3) is 6.22. The van der Waals surface area contributed by atoms with Crippen LogP contribution in [0.5, 0.6) is 11.5 Å². The number of pyridine rings is 1. The molecule has 132 valence electrons. The van der Waals surface area contributed by atoms with Crippen molar-refractivity contribution in [2.45, 2.75) is 13.2 Å². The van der Waals surface area contributed by atoms with Gasteiger partial charge >= 0.3 is 51.4 Å². The smallest absolute Gasteiger partial charge is 0.565 e. The Morgan fingerprint density at radius 1 is 1.42 bits per heavy atom. The number of methoxy groups -OCH3 is 1. The summed E-state index contributed by atoms with van der Waals surface area (Å²) in [7, 11) is 1.55. The van der Waals surface area contributed by atoms with Crippen LogP contribution in [-0.4, -0.2) is 29.3 Å². The van der Waals surface area contributed by atoms with Crippen LogP contribution in [0.1, 0.15) is 21.6 Å². The zero-order valence-electron chi connectivity index (χ0n) is 14.1. The summed E-state index contributed by atoms with van der Waals surface area (Å²) in [6, 6.07) is 6.23. The first-order chi connectivity index (χ1) is 11.9. The van der Waals surface area contributed by atoms with Crippen LogP contribution in [0.25, 0.3) is 0 Å². The second-order valence-corrected chi connectivity index (χ2v) is 4.87. The molecule has 1 aliphatic rings. The van der Waals surface area contributed by atoms with Gasteiger partial charge in [-0.2, -0.15) is 0 Å². The van der Waals surface area contributed by atoms with Crippen molar-refractivity contribution in [1.82, 2.24) is 10.3 Å². The average Bonchev–Trinajstić information content (AvgIpc) is 2.93. The third-order valence-corrected chi connectivity index (χ3v) is 3.25. The second-order valence-electron chi connectivity index (χ2n) is 4.87. The van der Waals surface area contributed by atoms with E-state index in [0.717, 1.165) is 0 Å². The molecule has 8 nitrogen and oxygen atoms in total. The van der Waals surface area contributed by atoms with Crippen LogP contribution in [-0.2, 0) is 13.2 Å². The van der Waals surface area contributed by atoms with Gasteiger partial charge in [0.2, 0.25) is 6.16 Å². The standard InChI is InChI=1S/C15H13FN2O3.CH2O3.K/c1-20-11-3-2-10(17-7-11)8-21-14-5-12-9(4-13(14)16)6-18-15(12)19;2-1(3)4;/h2-5,7H,6,8H2,1H3,(H,18,19);(H2,2,3,4);/q;;+1/p-1. The van der Waals surface area contributed by atoms with Gasteiger partial charge in [-0.15, -0.1) is 0 Å². The van der Waals surface area contributed by atoms with Gasteiger partial charge in [-0.05, 0) is 29.8 Å². The summed E-state index contributed by atoms with van der Waals surface area (Å²) in [5, 5.41) is 17.9. The van der Waals surface area contributed by atoms with Gasteiger partial charge in [0.1, 0.15) is 12.4 Å². The van der Waals surface area contributed by atoms with Gasteiger partial charge in [0.25, 0.3) is 5.91 Å². The fourth-order valence-corrected chi connectivity index (χ4v) is 2.10. The molecule has 1 aromatic carbocycles. The molecule has 2 aromatic rings. The molecule has 10 heteroatoms. The minimum atomic E-state index is -2.08. The summed E-state index contributed by atoms with van der Waals surface area (Å²) in [4.78, 5) is 24.1. The monoisotopic (exact) mass is 388 g/mol. The van der Waals surface area contributed by atoms with E-state index in [1.807, 2.05) is 0 Å². The molecule has 0 fully saturated rings. The number of carboxylic acid groups (broad SMARTS) is 2. The van der Waals surface area contributed by atoms with Crippen LogP contribution < -0.4 is 71.3 Å². The summed E-state index contributed by atoms with van der Waals surface area (Å²) >= 11 is 0. The van der Waals surface area contributed by atoms with E-state index in [4.69, 9.17) is 24.5 Å². The number of benzene rings is 1. The number of halogens is 1. The predicted molar refractivity (Wildman–Crippen MR) is 80.7 cm³/mol. The zero-order valence-corrected chi connectivity index (χ0v) is 17.2. The SMILES string of the molecule is COc1ccc(COc2cc3c(cc2F)CNC3=O)nc1.O=C([O-])O.[K+]. The Hall–Kier alpha value is -1.72. The first-order valence-corrected chi connectivity index (χ1v) is 7.03. The van der Waals surface area contributed by atoms with Crippen LogP contribution in [0.3, 0.4) is 0 Å². The Morgan fingerprint density at radius 3 is 2.69 bits per heavy atom. The van der Waals surface area contributed by atoms with Crippen LogP contribution >= 0.6 is 0 Å². The molecule has 2 heterocycles. The number of carbonyl (C=O) groups is 2. The van der Waals surface area contributed by atoms with Crippen molar-refractivity contribution in [1.29, 1.82) is 0 Å². The third-order valence-electron chi connectivity index (χ3n) is 3.25. The summed E-state index contributed by atoms with van der Waals surface area (Å²) < 4.78 is 24.3. The number of fused-ring (bicyclic) bond motifs is 1. The number of nitrogens with one attached hydrogen (secondary N) is 1. The Bertz CT molecular complexity index is 781. The minimum Gasteiger partial charge on any atom is -0.565 e. The molecule has 0 atom stereocenters. The molecule has 26 heavy (non-hydrogen) atoms. The molecule has 0 unspecified atom stereocenters. The van der Waals surface area contributed by atoms with Crippen LogP contribution in [0.4, 0.5) is 9.18 Å². The second kappa shape index (κ2) is 10.4. The van der Waals surface area contributed by atoms with Crippen LogP contribution in [0.2, 0.25) is 0 Å². The molecule has 0 bridgehead atoms. The van der Waals surface area contributed by atoms with Crippen molar-refractivity contribution < 1.29 is 85.1 Å². The van der Waals surface area contributed by atoms with Crippen molar-refractivity contribution in [3.8, 4) is 11.5 Å². The summed E-state index contributed by atoms with van der Waals surface area (Å²) in [5.74, 6) is -0.0151. The van der Waals surface area contributed by atoms with E-state index in [1.165, 1.54) is 12.1 Å². The predicted octanol–water partition coefficient (Wildman–Crippen LogP) is -2.06. The number of nitrogens with zero attached hydrogens (tertiary/aromatic N) is 1. The van der Waals surface area contributed by atoms with Crippen LogP contribution in [0, 0.1) is 5.82 Å². The van der Waals surface area contributed by atoms with Gasteiger partial charge in [0, 0.05) is 12.1 Å². The number of hydrogen-bond acceptors (Lipinski definition) is 6. The number of rotatable bonds is 4. The van der Waals surface area contributed by atoms with Gasteiger partial charge in [0.15, 0.2) is 11.6 Å². The van der Waals surface area contributed by atoms with E-state index >= 15 is 0 Å². The van der Waals surface area contributed by atoms with E-state index in [1.54, 1.807) is 25.4 Å². The molecular formula is C16H14FKN2O6. The maximum Gasteiger partial charge on any atom is 1.00 e. The van der Waals surface area contributed by atoms with Crippen molar-refractivity contribution >= 4 is 12.1 Å². The molecule has 1 amide bonds. The zero-order chi connectivity index (χ0) is 18.4. The largest absolute Gasteiger partial charge is 1.00 e. The van der Waals surface area contributed by atoms with Gasteiger partial charge in [0.05, 0.1) is 19.0 Å². The molecule has 0 radical (unpaired) electrons. The van der Waals surface area contributed by atoms with E-state index in [0.29, 0.717) is 29.1 Å². The van der Waals surface area contributed by atoms with Crippen molar-refractivity contribution in [2.24, 2.45) is 0 Å². The number of carbonyl (C=O) groups excluding carboxylic acids is 1. The van der Waals surface area contributed by atoms with Gasteiger partial charge < -0.3 is 29.8 Å². The van der Waals surface area contributed by atoms with E-state index < -0.39 is 12.0 Å². The fraction of sp³-hybridized carbons (Fsp3) is 0.188. The minimum absolute atomic E-state index is 0. The molecule has 1 aliphatic heterocycles.